The molecule has 0 aliphatic rings. The van der Waals surface area contributed by atoms with Crippen molar-refractivity contribution in [3.05, 3.63) is 22.4 Å². The molecule has 0 aliphatic heterocycles. The van der Waals surface area contributed by atoms with E-state index in [9.17, 15) is 4.79 Å². The highest BCUT2D eigenvalue weighted by Gasteiger charge is 2.17. The molecule has 2 rings (SSSR count). The number of aromatic nitrogens is 2. The number of nitrogens with zero attached hydrogens (tertiary/aromatic N) is 3. The first-order valence-corrected chi connectivity index (χ1v) is 8.97. The number of likely N-dealkylation sites (N-methyl/N-ethyl adjacent to an activating group) is 1. The van der Waals surface area contributed by atoms with Crippen molar-refractivity contribution in [2.45, 2.75) is 24.5 Å². The SMILES string of the molecule is CSc1nsc(NC(=O)N(C)C(C)Cc2ccsc2)n1. The Kier molecular flexibility index (Phi) is 5.38. The summed E-state index contributed by atoms with van der Waals surface area (Å²) in [4.78, 5) is 18.0. The lowest BCUT2D eigenvalue weighted by Crippen LogP contribution is -2.39. The minimum atomic E-state index is -0.156. The van der Waals surface area contributed by atoms with Gasteiger partial charge in [-0.15, -0.1) is 0 Å². The van der Waals surface area contributed by atoms with Crippen LogP contribution in [0.25, 0.3) is 0 Å². The molecular weight excluding hydrogens is 312 g/mol. The van der Waals surface area contributed by atoms with Crippen LogP contribution >= 0.6 is 34.6 Å². The fourth-order valence-corrected chi connectivity index (χ4v) is 3.41. The van der Waals surface area contributed by atoms with Gasteiger partial charge in [-0.3, -0.25) is 5.32 Å². The van der Waals surface area contributed by atoms with Crippen LogP contribution in [0.15, 0.2) is 22.0 Å². The average molecular weight is 328 g/mol. The first-order valence-electron chi connectivity index (χ1n) is 6.02. The van der Waals surface area contributed by atoms with E-state index in [1.54, 1.807) is 23.3 Å². The van der Waals surface area contributed by atoms with Crippen molar-refractivity contribution in [3.63, 3.8) is 0 Å². The molecule has 0 spiro atoms. The molecule has 0 saturated heterocycles. The minimum Gasteiger partial charge on any atom is -0.324 e. The Hall–Kier alpha value is -1.12. The van der Waals surface area contributed by atoms with Crippen molar-refractivity contribution < 1.29 is 4.79 Å². The van der Waals surface area contributed by atoms with Gasteiger partial charge in [-0.1, -0.05) is 11.8 Å². The van der Waals surface area contributed by atoms with Crippen LogP contribution in [0.3, 0.4) is 0 Å². The van der Waals surface area contributed by atoms with Crippen LogP contribution in [0.4, 0.5) is 9.93 Å². The van der Waals surface area contributed by atoms with Crippen molar-refractivity contribution in [1.82, 2.24) is 14.3 Å². The molecule has 1 atom stereocenters. The molecule has 0 bridgehead atoms. The molecule has 5 nitrogen and oxygen atoms in total. The maximum absolute atomic E-state index is 12.1. The van der Waals surface area contributed by atoms with Crippen LogP contribution in [0, 0.1) is 0 Å². The van der Waals surface area contributed by atoms with Gasteiger partial charge in [0.1, 0.15) is 0 Å². The Balaban J connectivity index is 1.90. The predicted molar refractivity (Wildman–Crippen MR) is 86.0 cm³/mol. The number of thiophene rings is 1. The van der Waals surface area contributed by atoms with E-state index in [4.69, 9.17) is 0 Å². The van der Waals surface area contributed by atoms with Gasteiger partial charge in [0.15, 0.2) is 0 Å². The second kappa shape index (κ2) is 7.05. The molecule has 2 aromatic heterocycles. The topological polar surface area (TPSA) is 58.1 Å². The summed E-state index contributed by atoms with van der Waals surface area (Å²) in [5.74, 6) is 0. The van der Waals surface area contributed by atoms with Crippen molar-refractivity contribution in [2.75, 3.05) is 18.6 Å². The lowest BCUT2D eigenvalue weighted by atomic mass is 10.1. The van der Waals surface area contributed by atoms with E-state index in [-0.39, 0.29) is 12.1 Å². The normalized spacial score (nSPS) is 12.2. The van der Waals surface area contributed by atoms with Gasteiger partial charge in [0.25, 0.3) is 0 Å². The number of nitrogens with one attached hydrogen (secondary N) is 1. The molecule has 0 fully saturated rings. The minimum absolute atomic E-state index is 0.123. The molecule has 0 radical (unpaired) electrons. The van der Waals surface area contributed by atoms with E-state index in [0.29, 0.717) is 10.3 Å². The number of hydrogen-bond donors (Lipinski definition) is 1. The first-order chi connectivity index (χ1) is 9.60. The van der Waals surface area contributed by atoms with Gasteiger partial charge in [0.05, 0.1) is 0 Å². The third-order valence-corrected chi connectivity index (χ3v) is 4.92. The van der Waals surface area contributed by atoms with E-state index in [0.717, 1.165) is 6.42 Å². The molecule has 108 valence electrons. The third kappa shape index (κ3) is 3.94. The van der Waals surface area contributed by atoms with Crippen molar-refractivity contribution in [3.8, 4) is 0 Å². The number of urea groups is 1. The summed E-state index contributed by atoms with van der Waals surface area (Å²) in [5.41, 5.74) is 1.25. The molecule has 0 aromatic carbocycles. The third-order valence-electron chi connectivity index (χ3n) is 2.90. The predicted octanol–water partition coefficient (Wildman–Crippen LogP) is 3.42. The van der Waals surface area contributed by atoms with E-state index in [2.05, 4.69) is 26.1 Å². The Morgan fingerprint density at radius 3 is 3.00 bits per heavy atom. The fourth-order valence-electron chi connectivity index (χ4n) is 1.61. The monoisotopic (exact) mass is 328 g/mol. The molecule has 1 N–H and O–H groups in total. The molecule has 2 heterocycles. The Bertz CT molecular complexity index is 555. The standard InChI is InChI=1S/C12H16N4OS3/c1-8(6-9-4-5-19-7-9)16(2)12(17)14-10-13-11(18-3)15-20-10/h4-5,7-8H,6H2,1-3H3,(H,13,14,15,17). The van der Waals surface area contributed by atoms with Gasteiger partial charge in [0, 0.05) is 24.6 Å². The maximum atomic E-state index is 12.1. The quantitative estimate of drug-likeness (QED) is 0.855. The second-order valence-electron chi connectivity index (χ2n) is 4.31. The number of hydrogen-bond acceptors (Lipinski definition) is 6. The molecule has 0 aliphatic carbocycles. The summed E-state index contributed by atoms with van der Waals surface area (Å²) in [6.07, 6.45) is 2.75. The van der Waals surface area contributed by atoms with Gasteiger partial charge in [0.2, 0.25) is 10.3 Å². The zero-order valence-electron chi connectivity index (χ0n) is 11.5. The Morgan fingerprint density at radius 1 is 1.60 bits per heavy atom. The van der Waals surface area contributed by atoms with E-state index in [1.807, 2.05) is 18.6 Å². The number of carbonyl (C=O) groups excluding carboxylic acids is 1. The fraction of sp³-hybridized carbons (Fsp3) is 0.417. The van der Waals surface area contributed by atoms with Crippen molar-refractivity contribution in [2.24, 2.45) is 0 Å². The Labute approximate surface area is 130 Å². The maximum Gasteiger partial charge on any atom is 0.323 e. The van der Waals surface area contributed by atoms with Crippen molar-refractivity contribution in [1.29, 1.82) is 0 Å². The number of thioether (sulfide) groups is 1. The molecule has 0 saturated carbocycles. The highest BCUT2D eigenvalue weighted by atomic mass is 32.2. The van der Waals surface area contributed by atoms with Gasteiger partial charge in [-0.05, 0) is 42.0 Å². The summed E-state index contributed by atoms with van der Waals surface area (Å²) >= 11 is 4.33. The summed E-state index contributed by atoms with van der Waals surface area (Å²) < 4.78 is 4.11. The molecule has 2 aromatic rings. The number of anilines is 1. The number of carbonyl (C=O) groups is 1. The van der Waals surface area contributed by atoms with Crippen LogP contribution in [0.5, 0.6) is 0 Å². The number of amides is 2. The highest BCUT2D eigenvalue weighted by Crippen LogP contribution is 2.18. The first kappa shape index (κ1) is 15.3. The van der Waals surface area contributed by atoms with Crippen LogP contribution in [0.1, 0.15) is 12.5 Å². The van der Waals surface area contributed by atoms with E-state index < -0.39 is 0 Å². The van der Waals surface area contributed by atoms with E-state index >= 15 is 0 Å². The van der Waals surface area contributed by atoms with Crippen LogP contribution in [-0.2, 0) is 6.42 Å². The van der Waals surface area contributed by atoms with Gasteiger partial charge >= 0.3 is 6.03 Å². The molecule has 1 unspecified atom stereocenters. The lowest BCUT2D eigenvalue weighted by molar-refractivity contribution is 0.207. The van der Waals surface area contributed by atoms with Crippen LogP contribution in [0.2, 0.25) is 0 Å². The highest BCUT2D eigenvalue weighted by molar-refractivity contribution is 7.98. The molecule has 2 amide bonds. The van der Waals surface area contributed by atoms with Crippen molar-refractivity contribution >= 4 is 45.8 Å². The summed E-state index contributed by atoms with van der Waals surface area (Å²) in [6, 6.07) is 2.05. The zero-order chi connectivity index (χ0) is 14.5. The average Bonchev–Trinajstić information content (AvgIpc) is 3.09. The zero-order valence-corrected chi connectivity index (χ0v) is 13.9. The van der Waals surface area contributed by atoms with Crippen LogP contribution < -0.4 is 5.32 Å². The van der Waals surface area contributed by atoms with Gasteiger partial charge in [-0.2, -0.15) is 20.7 Å². The number of rotatable bonds is 5. The second-order valence-corrected chi connectivity index (χ2v) is 6.62. The smallest absolute Gasteiger partial charge is 0.323 e. The van der Waals surface area contributed by atoms with Crippen LogP contribution in [-0.4, -0.2) is 39.6 Å². The molecular formula is C12H16N4OS3. The largest absolute Gasteiger partial charge is 0.324 e. The Morgan fingerprint density at radius 2 is 2.40 bits per heavy atom. The molecule has 8 heteroatoms. The van der Waals surface area contributed by atoms with Gasteiger partial charge in [-0.25, -0.2) is 4.79 Å². The van der Waals surface area contributed by atoms with E-state index in [1.165, 1.54) is 28.9 Å². The lowest BCUT2D eigenvalue weighted by Gasteiger charge is -2.24. The molecule has 20 heavy (non-hydrogen) atoms. The summed E-state index contributed by atoms with van der Waals surface area (Å²) in [7, 11) is 1.79. The van der Waals surface area contributed by atoms with Gasteiger partial charge < -0.3 is 4.90 Å². The summed E-state index contributed by atoms with van der Waals surface area (Å²) in [6.45, 7) is 2.03. The summed E-state index contributed by atoms with van der Waals surface area (Å²) in [5, 5.41) is 8.15.